The summed E-state index contributed by atoms with van der Waals surface area (Å²) in [5.41, 5.74) is 1.52. The summed E-state index contributed by atoms with van der Waals surface area (Å²) >= 11 is 13.0. The number of carbonyl (C=O) groups is 2. The molecule has 1 unspecified atom stereocenters. The minimum atomic E-state index is -3.93. The molecule has 4 rings (SSSR count). The molecule has 0 saturated carbocycles. The number of anilines is 1. The summed E-state index contributed by atoms with van der Waals surface area (Å²) in [7, 11) is -3.93. The number of nitrogens with zero attached hydrogens (tertiary/aromatic N) is 2. The number of carbonyl (C=O) groups excluding carboxylic acids is 2. The van der Waals surface area contributed by atoms with Crippen molar-refractivity contribution in [1.82, 2.24) is 10.2 Å². The summed E-state index contributed by atoms with van der Waals surface area (Å²) in [6.07, 6.45) is 1.83. The number of ether oxygens (including phenoxy) is 2. The average Bonchev–Trinajstić information content (AvgIpc) is 3.47. The topological polar surface area (TPSA) is 105 Å². The van der Waals surface area contributed by atoms with Gasteiger partial charge < -0.3 is 19.7 Å². The first-order valence-electron chi connectivity index (χ1n) is 14.1. The van der Waals surface area contributed by atoms with Crippen LogP contribution < -0.4 is 19.1 Å². The van der Waals surface area contributed by atoms with Crippen LogP contribution >= 0.6 is 23.2 Å². The number of hydrogen-bond acceptors (Lipinski definition) is 6. The predicted molar refractivity (Wildman–Crippen MR) is 168 cm³/mol. The van der Waals surface area contributed by atoms with Crippen molar-refractivity contribution in [2.75, 3.05) is 29.9 Å². The third kappa shape index (κ3) is 8.13. The molecule has 43 heavy (non-hydrogen) atoms. The van der Waals surface area contributed by atoms with E-state index in [-0.39, 0.29) is 37.1 Å². The van der Waals surface area contributed by atoms with E-state index in [2.05, 4.69) is 5.32 Å². The normalized spacial score (nSPS) is 12.9. The van der Waals surface area contributed by atoms with E-state index in [1.807, 2.05) is 37.3 Å². The van der Waals surface area contributed by atoms with E-state index in [1.165, 1.54) is 17.9 Å². The second-order valence-electron chi connectivity index (χ2n) is 10.0. The summed E-state index contributed by atoms with van der Waals surface area (Å²) in [6.45, 7) is 3.28. The maximum absolute atomic E-state index is 14.3. The van der Waals surface area contributed by atoms with Gasteiger partial charge in [0.15, 0.2) is 11.5 Å². The highest BCUT2D eigenvalue weighted by Gasteiger charge is 2.34. The fourth-order valence-electron chi connectivity index (χ4n) is 4.67. The number of unbranched alkanes of at least 4 members (excludes halogenated alkanes) is 1. The molecule has 0 aromatic heterocycles. The second kappa shape index (κ2) is 14.8. The molecule has 230 valence electrons. The van der Waals surface area contributed by atoms with Crippen molar-refractivity contribution in [3.8, 4) is 11.5 Å². The van der Waals surface area contributed by atoms with Crippen molar-refractivity contribution in [2.24, 2.45) is 0 Å². The van der Waals surface area contributed by atoms with Gasteiger partial charge in [-0.3, -0.25) is 13.9 Å². The molecule has 0 spiro atoms. The van der Waals surface area contributed by atoms with E-state index in [0.717, 1.165) is 22.7 Å². The Morgan fingerprint density at radius 2 is 1.65 bits per heavy atom. The van der Waals surface area contributed by atoms with Crippen LogP contribution in [0.3, 0.4) is 0 Å². The number of nitrogens with one attached hydrogen (secondary N) is 1. The molecule has 0 aliphatic carbocycles. The van der Waals surface area contributed by atoms with Gasteiger partial charge in [-0.1, -0.05) is 72.9 Å². The lowest BCUT2D eigenvalue weighted by atomic mass is 10.0. The minimum absolute atomic E-state index is 0.0128. The lowest BCUT2D eigenvalue weighted by Crippen LogP contribution is -2.53. The Morgan fingerprint density at radius 1 is 0.953 bits per heavy atom. The van der Waals surface area contributed by atoms with Crippen LogP contribution in [0.15, 0.2) is 66.7 Å². The van der Waals surface area contributed by atoms with Crippen molar-refractivity contribution in [2.45, 2.75) is 45.7 Å². The van der Waals surface area contributed by atoms with Crippen LogP contribution in [0.5, 0.6) is 11.5 Å². The Balaban J connectivity index is 1.76. The summed E-state index contributed by atoms with van der Waals surface area (Å²) < 4.78 is 38.6. The molecule has 0 saturated heterocycles. The fourth-order valence-corrected chi connectivity index (χ4v) is 6.24. The Bertz CT molecular complexity index is 1520. The van der Waals surface area contributed by atoms with E-state index < -0.39 is 28.5 Å². The first-order valence-corrected chi connectivity index (χ1v) is 16.4. The third-order valence-corrected chi connectivity index (χ3v) is 9.56. The smallest absolute Gasteiger partial charge is 0.244 e. The van der Waals surface area contributed by atoms with Crippen molar-refractivity contribution >= 4 is 50.7 Å². The number of sulfonamides is 1. The third-order valence-electron chi connectivity index (χ3n) is 7.11. The van der Waals surface area contributed by atoms with Gasteiger partial charge in [0.1, 0.15) is 12.6 Å². The van der Waals surface area contributed by atoms with Gasteiger partial charge >= 0.3 is 0 Å². The highest BCUT2D eigenvalue weighted by atomic mass is 35.5. The van der Waals surface area contributed by atoms with E-state index in [0.29, 0.717) is 33.7 Å². The Kier molecular flexibility index (Phi) is 11.2. The van der Waals surface area contributed by atoms with Gasteiger partial charge in [0, 0.05) is 41.2 Å². The molecule has 1 N–H and O–H groups in total. The maximum Gasteiger partial charge on any atom is 0.244 e. The van der Waals surface area contributed by atoms with Crippen LogP contribution in [0.2, 0.25) is 10.0 Å². The van der Waals surface area contributed by atoms with E-state index in [1.54, 1.807) is 30.3 Å². The molecule has 0 fully saturated rings. The molecule has 1 aliphatic heterocycles. The number of rotatable bonds is 14. The molecule has 3 aromatic rings. The Labute approximate surface area is 262 Å². The molecular formula is C31H35Cl2N3O6S. The van der Waals surface area contributed by atoms with Crippen molar-refractivity contribution < 1.29 is 27.5 Å². The maximum atomic E-state index is 14.3. The zero-order chi connectivity index (χ0) is 31.0. The number of hydrogen-bond donors (Lipinski definition) is 1. The monoisotopic (exact) mass is 647 g/mol. The number of halogens is 2. The predicted octanol–water partition coefficient (Wildman–Crippen LogP) is 5.43. The summed E-state index contributed by atoms with van der Waals surface area (Å²) in [6, 6.07) is 18.0. The van der Waals surface area contributed by atoms with Gasteiger partial charge in [-0.25, -0.2) is 8.42 Å². The SMILES string of the molecule is CCCCNC(=O)C(Cc1ccccc1)N(Cc1c(Cl)cccc1Cl)C(=O)CN(c1ccc2c(c1)OCO2)S(=O)(=O)CC. The highest BCUT2D eigenvalue weighted by molar-refractivity contribution is 7.92. The van der Waals surface area contributed by atoms with Gasteiger partial charge in [0.2, 0.25) is 28.6 Å². The van der Waals surface area contributed by atoms with Gasteiger partial charge in [0.05, 0.1) is 11.4 Å². The van der Waals surface area contributed by atoms with Gasteiger partial charge in [-0.2, -0.15) is 0 Å². The summed E-state index contributed by atoms with van der Waals surface area (Å²) in [5.74, 6) is -0.362. The summed E-state index contributed by atoms with van der Waals surface area (Å²) in [4.78, 5) is 29.4. The summed E-state index contributed by atoms with van der Waals surface area (Å²) in [5, 5.41) is 3.59. The lowest BCUT2D eigenvalue weighted by Gasteiger charge is -2.34. The van der Waals surface area contributed by atoms with Crippen molar-refractivity contribution in [3.63, 3.8) is 0 Å². The molecule has 1 heterocycles. The number of benzene rings is 3. The van der Waals surface area contributed by atoms with Crippen LogP contribution in [0.1, 0.15) is 37.8 Å². The quantitative estimate of drug-likeness (QED) is 0.234. The van der Waals surface area contributed by atoms with Crippen LogP contribution in [-0.4, -0.2) is 56.8 Å². The number of amides is 2. The molecular weight excluding hydrogens is 613 g/mol. The van der Waals surface area contributed by atoms with Crippen molar-refractivity contribution in [3.05, 3.63) is 87.9 Å². The largest absolute Gasteiger partial charge is 0.454 e. The highest BCUT2D eigenvalue weighted by Crippen LogP contribution is 2.36. The van der Waals surface area contributed by atoms with Crippen molar-refractivity contribution in [1.29, 1.82) is 0 Å². The van der Waals surface area contributed by atoms with Crippen LogP contribution in [0.4, 0.5) is 5.69 Å². The van der Waals surface area contributed by atoms with Gasteiger partial charge in [-0.15, -0.1) is 0 Å². The molecule has 0 radical (unpaired) electrons. The number of fused-ring (bicyclic) bond motifs is 1. The molecule has 0 bridgehead atoms. The molecule has 12 heteroatoms. The average molecular weight is 649 g/mol. The minimum Gasteiger partial charge on any atom is -0.454 e. The molecule has 3 aromatic carbocycles. The fraction of sp³-hybridized carbons (Fsp3) is 0.355. The lowest BCUT2D eigenvalue weighted by molar-refractivity contribution is -0.140. The van der Waals surface area contributed by atoms with E-state index in [9.17, 15) is 18.0 Å². The van der Waals surface area contributed by atoms with Crippen LogP contribution in [0.25, 0.3) is 0 Å². The zero-order valence-electron chi connectivity index (χ0n) is 24.1. The first kappa shape index (κ1) is 32.4. The Hall–Kier alpha value is -3.47. The van der Waals surface area contributed by atoms with Crippen LogP contribution in [-0.2, 0) is 32.6 Å². The van der Waals surface area contributed by atoms with E-state index in [4.69, 9.17) is 32.7 Å². The standard InChI is InChI=1S/C31H35Cl2N3O6S/c1-3-5-16-34-31(38)27(17-22-10-7-6-8-11-22)35(19-24-25(32)12-9-13-26(24)33)30(37)20-36(43(39,40)4-2)23-14-15-28-29(18-23)42-21-41-28/h6-15,18,27H,3-5,16-17,19-21H2,1-2H3,(H,34,38). The second-order valence-corrected chi connectivity index (χ2v) is 13.0. The van der Waals surface area contributed by atoms with E-state index >= 15 is 0 Å². The van der Waals surface area contributed by atoms with Gasteiger partial charge in [0.25, 0.3) is 0 Å². The molecule has 2 amide bonds. The molecule has 1 atom stereocenters. The zero-order valence-corrected chi connectivity index (χ0v) is 26.4. The molecule has 9 nitrogen and oxygen atoms in total. The Morgan fingerprint density at radius 3 is 2.33 bits per heavy atom. The van der Waals surface area contributed by atoms with Gasteiger partial charge in [-0.05, 0) is 43.2 Å². The van der Waals surface area contributed by atoms with Crippen LogP contribution in [0, 0.1) is 0 Å². The molecule has 1 aliphatic rings. The first-order chi connectivity index (χ1) is 20.6.